The van der Waals surface area contributed by atoms with Gasteiger partial charge in [-0.3, -0.25) is 19.3 Å². The number of nitrogens with zero attached hydrogens (tertiary/aromatic N) is 1. The molecule has 37 heavy (non-hydrogen) atoms. The van der Waals surface area contributed by atoms with Crippen LogP contribution in [-0.2, 0) is 16.2 Å². The lowest BCUT2D eigenvalue weighted by molar-refractivity contribution is -0.127. The van der Waals surface area contributed by atoms with E-state index in [1.807, 2.05) is 19.1 Å². The number of benzene rings is 3. The number of halogens is 2. The smallest absolute Gasteiger partial charge is 0.294 e. The van der Waals surface area contributed by atoms with Crippen molar-refractivity contribution in [3.8, 4) is 11.5 Å². The summed E-state index contributed by atoms with van der Waals surface area (Å²) in [5.74, 6) is -0.124. The van der Waals surface area contributed by atoms with Gasteiger partial charge >= 0.3 is 0 Å². The van der Waals surface area contributed by atoms with Crippen molar-refractivity contribution in [3.05, 3.63) is 92.3 Å². The van der Waals surface area contributed by atoms with Gasteiger partial charge in [0.1, 0.15) is 13.2 Å². The van der Waals surface area contributed by atoms with Crippen LogP contribution in [0.3, 0.4) is 0 Å². The van der Waals surface area contributed by atoms with Crippen LogP contribution in [0, 0.1) is 6.92 Å². The van der Waals surface area contributed by atoms with Crippen molar-refractivity contribution < 1.29 is 23.9 Å². The van der Waals surface area contributed by atoms with Crippen molar-refractivity contribution in [1.29, 1.82) is 0 Å². The molecule has 1 N–H and O–H groups in total. The number of aryl methyl sites for hydroxylation is 1. The molecule has 7 nitrogen and oxygen atoms in total. The van der Waals surface area contributed by atoms with Crippen molar-refractivity contribution >= 4 is 63.8 Å². The summed E-state index contributed by atoms with van der Waals surface area (Å²) in [5, 5.41) is 3.16. The molecule has 1 aliphatic rings. The Kier molecular flexibility index (Phi) is 8.43. The van der Waals surface area contributed by atoms with E-state index < -0.39 is 17.1 Å². The van der Waals surface area contributed by atoms with Gasteiger partial charge in [-0.05, 0) is 66.7 Å². The van der Waals surface area contributed by atoms with Crippen LogP contribution in [0.5, 0.6) is 11.5 Å². The van der Waals surface area contributed by atoms with Crippen molar-refractivity contribution in [3.63, 3.8) is 0 Å². The maximum Gasteiger partial charge on any atom is 0.294 e. The molecule has 0 radical (unpaired) electrons. The number of ether oxygens (including phenoxy) is 2. The molecular formula is C27H22Cl2N2O5S. The molecule has 1 saturated heterocycles. The molecule has 0 aromatic heterocycles. The number of hydrogen-bond acceptors (Lipinski definition) is 6. The molecule has 3 aromatic rings. The highest BCUT2D eigenvalue weighted by molar-refractivity contribution is 8.18. The zero-order valence-electron chi connectivity index (χ0n) is 19.9. The van der Waals surface area contributed by atoms with Gasteiger partial charge in [0.15, 0.2) is 11.5 Å². The second-order valence-electron chi connectivity index (χ2n) is 8.08. The highest BCUT2D eigenvalue weighted by atomic mass is 35.5. The summed E-state index contributed by atoms with van der Waals surface area (Å²) in [6.45, 7) is 1.69. The van der Waals surface area contributed by atoms with E-state index in [9.17, 15) is 14.4 Å². The zero-order chi connectivity index (χ0) is 26.5. The lowest BCUT2D eigenvalue weighted by atomic mass is 10.1. The van der Waals surface area contributed by atoms with E-state index in [4.69, 9.17) is 32.7 Å². The number of carbonyl (C=O) groups excluding carboxylic acids is 3. The van der Waals surface area contributed by atoms with Crippen LogP contribution in [0.25, 0.3) is 6.08 Å². The molecule has 0 bridgehead atoms. The first-order chi connectivity index (χ1) is 17.7. The Bertz CT molecular complexity index is 1370. The van der Waals surface area contributed by atoms with Gasteiger partial charge in [0.25, 0.3) is 11.1 Å². The van der Waals surface area contributed by atoms with E-state index in [-0.39, 0.29) is 18.1 Å². The van der Waals surface area contributed by atoms with E-state index in [0.717, 1.165) is 22.2 Å². The molecule has 190 valence electrons. The highest BCUT2D eigenvalue weighted by Gasteiger charge is 2.36. The number of carbonyl (C=O) groups is 3. The predicted molar refractivity (Wildman–Crippen MR) is 146 cm³/mol. The Morgan fingerprint density at radius 2 is 1.73 bits per heavy atom. The topological polar surface area (TPSA) is 84.9 Å². The normalized spacial score (nSPS) is 14.3. The fraction of sp³-hybridized carbons (Fsp3) is 0.148. The summed E-state index contributed by atoms with van der Waals surface area (Å²) in [6, 6.07) is 17.5. The SMILES string of the molecule is COc1cc(/C=C2\SC(=O)N(CC(=O)Nc3ccc(C)cc3)C2=O)ccc1OCc1c(Cl)cccc1Cl. The summed E-state index contributed by atoms with van der Waals surface area (Å²) in [5.41, 5.74) is 2.91. The number of amides is 3. The minimum absolute atomic E-state index is 0.137. The minimum Gasteiger partial charge on any atom is -0.493 e. The summed E-state index contributed by atoms with van der Waals surface area (Å²) < 4.78 is 11.3. The third-order valence-electron chi connectivity index (χ3n) is 5.43. The van der Waals surface area contributed by atoms with Gasteiger partial charge in [-0.25, -0.2) is 0 Å². The van der Waals surface area contributed by atoms with E-state index >= 15 is 0 Å². The first-order valence-corrected chi connectivity index (χ1v) is 12.7. The number of anilines is 1. The average molecular weight is 557 g/mol. The zero-order valence-corrected chi connectivity index (χ0v) is 22.2. The van der Waals surface area contributed by atoms with Crippen molar-refractivity contribution in [2.24, 2.45) is 0 Å². The van der Waals surface area contributed by atoms with Gasteiger partial charge in [0.2, 0.25) is 5.91 Å². The lowest BCUT2D eigenvalue weighted by Crippen LogP contribution is -2.36. The molecule has 3 aromatic carbocycles. The number of nitrogens with one attached hydrogen (secondary N) is 1. The Hall–Kier alpha value is -3.46. The standard InChI is InChI=1S/C27H22Cl2N2O5S/c1-16-6-9-18(10-7-16)30-25(32)14-31-26(33)24(37-27(31)34)13-17-8-11-22(23(12-17)35-2)36-15-19-20(28)4-3-5-21(19)29/h3-13H,14-15H2,1-2H3,(H,30,32)/b24-13-. The van der Waals surface area contributed by atoms with Crippen molar-refractivity contribution in [1.82, 2.24) is 4.90 Å². The molecule has 4 rings (SSSR count). The summed E-state index contributed by atoms with van der Waals surface area (Å²) in [7, 11) is 1.50. The summed E-state index contributed by atoms with van der Waals surface area (Å²) in [6.07, 6.45) is 1.57. The van der Waals surface area contributed by atoms with Crippen LogP contribution in [-0.4, -0.2) is 35.6 Å². The Morgan fingerprint density at radius 3 is 2.41 bits per heavy atom. The molecular weight excluding hydrogens is 535 g/mol. The molecule has 0 atom stereocenters. The number of thioether (sulfide) groups is 1. The van der Waals surface area contributed by atoms with Crippen molar-refractivity contribution in [2.75, 3.05) is 19.0 Å². The van der Waals surface area contributed by atoms with E-state index in [0.29, 0.717) is 38.4 Å². The van der Waals surface area contributed by atoms with Crippen LogP contribution in [0.4, 0.5) is 10.5 Å². The molecule has 0 aliphatic carbocycles. The molecule has 1 aliphatic heterocycles. The maximum atomic E-state index is 12.9. The van der Waals surface area contributed by atoms with Crippen LogP contribution < -0.4 is 14.8 Å². The van der Waals surface area contributed by atoms with Gasteiger partial charge in [-0.15, -0.1) is 0 Å². The highest BCUT2D eigenvalue weighted by Crippen LogP contribution is 2.35. The Balaban J connectivity index is 1.44. The minimum atomic E-state index is -0.540. The fourth-order valence-corrected chi connectivity index (χ4v) is 4.83. The molecule has 0 saturated carbocycles. The van der Waals surface area contributed by atoms with E-state index in [2.05, 4.69) is 5.32 Å². The first kappa shape index (κ1) is 26.6. The van der Waals surface area contributed by atoms with Gasteiger partial charge < -0.3 is 14.8 Å². The second kappa shape index (κ2) is 11.7. The first-order valence-electron chi connectivity index (χ1n) is 11.1. The van der Waals surface area contributed by atoms with Crippen LogP contribution in [0.15, 0.2) is 65.6 Å². The molecule has 3 amide bonds. The molecule has 0 unspecified atom stereocenters. The quantitative estimate of drug-likeness (QED) is 0.316. The van der Waals surface area contributed by atoms with Gasteiger partial charge in [-0.1, -0.05) is 53.0 Å². The van der Waals surface area contributed by atoms with Crippen LogP contribution in [0.1, 0.15) is 16.7 Å². The summed E-state index contributed by atoms with van der Waals surface area (Å²) in [4.78, 5) is 38.8. The lowest BCUT2D eigenvalue weighted by Gasteiger charge is -2.13. The fourth-order valence-electron chi connectivity index (χ4n) is 3.48. The van der Waals surface area contributed by atoms with Crippen molar-refractivity contribution in [2.45, 2.75) is 13.5 Å². The van der Waals surface area contributed by atoms with Crippen LogP contribution >= 0.6 is 35.0 Å². The van der Waals surface area contributed by atoms with Gasteiger partial charge in [0.05, 0.1) is 12.0 Å². The summed E-state index contributed by atoms with van der Waals surface area (Å²) >= 11 is 13.2. The second-order valence-corrected chi connectivity index (χ2v) is 9.89. The third kappa shape index (κ3) is 6.46. The number of rotatable bonds is 8. The van der Waals surface area contributed by atoms with E-state index in [1.165, 1.54) is 7.11 Å². The molecule has 10 heteroatoms. The largest absolute Gasteiger partial charge is 0.493 e. The Morgan fingerprint density at radius 1 is 1.03 bits per heavy atom. The third-order valence-corrected chi connectivity index (χ3v) is 7.05. The number of hydrogen-bond donors (Lipinski definition) is 1. The molecule has 1 heterocycles. The monoisotopic (exact) mass is 556 g/mol. The van der Waals surface area contributed by atoms with E-state index in [1.54, 1.807) is 54.6 Å². The number of methoxy groups -OCH3 is 1. The van der Waals surface area contributed by atoms with Gasteiger partial charge in [-0.2, -0.15) is 0 Å². The molecule has 0 spiro atoms. The van der Waals surface area contributed by atoms with Crippen LogP contribution in [0.2, 0.25) is 10.0 Å². The predicted octanol–water partition coefficient (Wildman–Crippen LogP) is 6.56. The maximum absolute atomic E-state index is 12.9. The number of imide groups is 1. The Labute approximate surface area is 228 Å². The average Bonchev–Trinajstić information content (AvgIpc) is 3.12. The molecule has 1 fully saturated rings. The van der Waals surface area contributed by atoms with Gasteiger partial charge in [0, 0.05) is 21.3 Å².